The van der Waals surface area contributed by atoms with Gasteiger partial charge < -0.3 is 10.1 Å². The lowest BCUT2D eigenvalue weighted by Gasteiger charge is -2.21. The maximum atomic E-state index is 5.63. The van der Waals surface area contributed by atoms with Crippen LogP contribution in [-0.4, -0.2) is 17.1 Å². The SMILES string of the molecule is CCCOc1cc(CNC(C)(C)C)cc(CC)n1. The maximum absolute atomic E-state index is 5.63. The van der Waals surface area contributed by atoms with Crippen LogP contribution >= 0.6 is 0 Å². The highest BCUT2D eigenvalue weighted by molar-refractivity contribution is 5.25. The summed E-state index contributed by atoms with van der Waals surface area (Å²) in [5.74, 6) is 0.752. The van der Waals surface area contributed by atoms with Crippen LogP contribution in [0, 0.1) is 0 Å². The molecule has 3 nitrogen and oxygen atoms in total. The second-order valence-corrected chi connectivity index (χ2v) is 5.61. The van der Waals surface area contributed by atoms with Gasteiger partial charge in [0.15, 0.2) is 0 Å². The van der Waals surface area contributed by atoms with Crippen LogP contribution in [0.4, 0.5) is 0 Å². The summed E-state index contributed by atoms with van der Waals surface area (Å²) in [4.78, 5) is 4.48. The largest absolute Gasteiger partial charge is 0.478 e. The average molecular weight is 250 g/mol. The van der Waals surface area contributed by atoms with E-state index in [0.717, 1.165) is 37.6 Å². The molecule has 0 aliphatic heterocycles. The summed E-state index contributed by atoms with van der Waals surface area (Å²) in [6.07, 6.45) is 1.94. The molecule has 0 bridgehead atoms. The van der Waals surface area contributed by atoms with Gasteiger partial charge in [0.1, 0.15) is 0 Å². The van der Waals surface area contributed by atoms with Crippen molar-refractivity contribution in [2.24, 2.45) is 0 Å². The van der Waals surface area contributed by atoms with Crippen molar-refractivity contribution in [2.45, 2.75) is 59.5 Å². The zero-order chi connectivity index (χ0) is 13.6. The summed E-state index contributed by atoms with van der Waals surface area (Å²) in [6, 6.07) is 4.19. The molecule has 0 aromatic carbocycles. The Labute approximate surface area is 111 Å². The van der Waals surface area contributed by atoms with Crippen molar-refractivity contribution >= 4 is 0 Å². The zero-order valence-electron chi connectivity index (χ0n) is 12.3. The topological polar surface area (TPSA) is 34.1 Å². The van der Waals surface area contributed by atoms with Gasteiger partial charge in [-0.25, -0.2) is 4.98 Å². The van der Waals surface area contributed by atoms with Gasteiger partial charge in [-0.2, -0.15) is 0 Å². The van der Waals surface area contributed by atoms with E-state index in [1.165, 1.54) is 5.56 Å². The predicted octanol–water partition coefficient (Wildman–Crippen LogP) is 3.32. The van der Waals surface area contributed by atoms with Gasteiger partial charge in [-0.15, -0.1) is 0 Å². The van der Waals surface area contributed by atoms with Crippen LogP contribution in [0.2, 0.25) is 0 Å². The van der Waals surface area contributed by atoms with Crippen LogP contribution in [0.25, 0.3) is 0 Å². The van der Waals surface area contributed by atoms with Crippen molar-refractivity contribution in [2.75, 3.05) is 6.61 Å². The molecule has 1 aromatic heterocycles. The highest BCUT2D eigenvalue weighted by Gasteiger charge is 2.09. The molecule has 0 saturated carbocycles. The molecule has 0 atom stereocenters. The summed E-state index contributed by atoms with van der Waals surface area (Å²) in [5.41, 5.74) is 2.46. The van der Waals surface area contributed by atoms with E-state index in [1.54, 1.807) is 0 Å². The fourth-order valence-corrected chi connectivity index (χ4v) is 1.55. The van der Waals surface area contributed by atoms with Gasteiger partial charge in [0, 0.05) is 23.8 Å². The number of hydrogen-bond donors (Lipinski definition) is 1. The first-order chi connectivity index (χ1) is 8.44. The van der Waals surface area contributed by atoms with Gasteiger partial charge >= 0.3 is 0 Å². The molecule has 0 spiro atoms. The van der Waals surface area contributed by atoms with E-state index in [1.807, 2.05) is 6.07 Å². The van der Waals surface area contributed by atoms with E-state index < -0.39 is 0 Å². The van der Waals surface area contributed by atoms with Gasteiger partial charge in [0.2, 0.25) is 5.88 Å². The van der Waals surface area contributed by atoms with Crippen molar-refractivity contribution in [1.82, 2.24) is 10.3 Å². The third-order valence-electron chi connectivity index (χ3n) is 2.55. The van der Waals surface area contributed by atoms with Crippen molar-refractivity contribution in [3.8, 4) is 5.88 Å². The fourth-order valence-electron chi connectivity index (χ4n) is 1.55. The number of nitrogens with zero attached hydrogens (tertiary/aromatic N) is 1. The second kappa shape index (κ2) is 6.74. The van der Waals surface area contributed by atoms with Crippen LogP contribution in [0.5, 0.6) is 5.88 Å². The molecule has 3 heteroatoms. The monoisotopic (exact) mass is 250 g/mol. The Kier molecular flexibility index (Phi) is 5.60. The van der Waals surface area contributed by atoms with E-state index in [-0.39, 0.29) is 5.54 Å². The smallest absolute Gasteiger partial charge is 0.213 e. The molecule has 0 fully saturated rings. The van der Waals surface area contributed by atoms with Crippen LogP contribution < -0.4 is 10.1 Å². The Balaban J connectivity index is 2.76. The first-order valence-electron chi connectivity index (χ1n) is 6.82. The summed E-state index contributed by atoms with van der Waals surface area (Å²) in [5, 5.41) is 3.49. The van der Waals surface area contributed by atoms with Crippen molar-refractivity contribution in [3.05, 3.63) is 23.4 Å². The Morgan fingerprint density at radius 1 is 1.22 bits per heavy atom. The van der Waals surface area contributed by atoms with Crippen molar-refractivity contribution in [3.63, 3.8) is 0 Å². The highest BCUT2D eigenvalue weighted by atomic mass is 16.5. The Morgan fingerprint density at radius 3 is 2.50 bits per heavy atom. The fraction of sp³-hybridized carbons (Fsp3) is 0.667. The normalized spacial score (nSPS) is 11.6. The van der Waals surface area contributed by atoms with Crippen LogP contribution in [0.15, 0.2) is 12.1 Å². The molecular weight excluding hydrogens is 224 g/mol. The molecule has 1 rings (SSSR count). The van der Waals surface area contributed by atoms with Crippen LogP contribution in [0.3, 0.4) is 0 Å². The number of rotatable bonds is 6. The van der Waals surface area contributed by atoms with Gasteiger partial charge in [0.25, 0.3) is 0 Å². The molecule has 18 heavy (non-hydrogen) atoms. The number of hydrogen-bond acceptors (Lipinski definition) is 3. The molecule has 0 unspecified atom stereocenters. The Morgan fingerprint density at radius 2 is 1.94 bits per heavy atom. The maximum Gasteiger partial charge on any atom is 0.213 e. The minimum Gasteiger partial charge on any atom is -0.478 e. The second-order valence-electron chi connectivity index (χ2n) is 5.61. The number of pyridine rings is 1. The van der Waals surface area contributed by atoms with E-state index in [0.29, 0.717) is 0 Å². The van der Waals surface area contributed by atoms with E-state index >= 15 is 0 Å². The summed E-state index contributed by atoms with van der Waals surface area (Å²) < 4.78 is 5.63. The first-order valence-corrected chi connectivity index (χ1v) is 6.82. The lowest BCUT2D eigenvalue weighted by Crippen LogP contribution is -2.35. The van der Waals surface area contributed by atoms with Crippen molar-refractivity contribution < 1.29 is 4.74 Å². The van der Waals surface area contributed by atoms with Crippen LogP contribution in [0.1, 0.15) is 52.3 Å². The molecule has 1 heterocycles. The number of nitrogens with one attached hydrogen (secondary N) is 1. The number of aromatic nitrogens is 1. The van der Waals surface area contributed by atoms with E-state index in [4.69, 9.17) is 4.74 Å². The molecular formula is C15H26N2O. The molecule has 0 aliphatic rings. The molecule has 0 saturated heterocycles. The third kappa shape index (κ3) is 5.50. The minimum absolute atomic E-state index is 0.125. The predicted molar refractivity (Wildman–Crippen MR) is 76.0 cm³/mol. The van der Waals surface area contributed by atoms with E-state index in [9.17, 15) is 0 Å². The summed E-state index contributed by atoms with van der Waals surface area (Å²) >= 11 is 0. The highest BCUT2D eigenvalue weighted by Crippen LogP contribution is 2.14. The summed E-state index contributed by atoms with van der Waals surface area (Å²) in [6.45, 7) is 12.3. The number of ether oxygens (including phenoxy) is 1. The summed E-state index contributed by atoms with van der Waals surface area (Å²) in [7, 11) is 0. The van der Waals surface area contributed by atoms with Crippen molar-refractivity contribution in [1.29, 1.82) is 0 Å². The molecule has 0 amide bonds. The Bertz CT molecular complexity index is 369. The van der Waals surface area contributed by atoms with Gasteiger partial charge in [0.05, 0.1) is 6.61 Å². The lowest BCUT2D eigenvalue weighted by atomic mass is 10.1. The molecule has 1 N–H and O–H groups in total. The third-order valence-corrected chi connectivity index (χ3v) is 2.55. The number of aryl methyl sites for hydroxylation is 1. The molecule has 0 aliphatic carbocycles. The van der Waals surface area contributed by atoms with Gasteiger partial charge in [-0.1, -0.05) is 13.8 Å². The van der Waals surface area contributed by atoms with E-state index in [2.05, 4.69) is 51.0 Å². The van der Waals surface area contributed by atoms with Gasteiger partial charge in [-0.05, 0) is 45.2 Å². The Hall–Kier alpha value is -1.09. The minimum atomic E-state index is 0.125. The standard InChI is InChI=1S/C15H26N2O/c1-6-8-18-14-10-12(9-13(7-2)17-14)11-16-15(3,4)5/h9-10,16H,6-8,11H2,1-5H3. The first kappa shape index (κ1) is 15.0. The lowest BCUT2D eigenvalue weighted by molar-refractivity contribution is 0.303. The molecule has 102 valence electrons. The molecule has 1 aromatic rings. The molecule has 0 radical (unpaired) electrons. The van der Waals surface area contributed by atoms with Crippen LogP contribution in [-0.2, 0) is 13.0 Å². The quantitative estimate of drug-likeness (QED) is 0.841. The zero-order valence-corrected chi connectivity index (χ0v) is 12.3. The van der Waals surface area contributed by atoms with Gasteiger partial charge in [-0.3, -0.25) is 0 Å². The average Bonchev–Trinajstić information content (AvgIpc) is 2.32.